The number of fused-ring (bicyclic) bond motifs is 1. The first-order valence-corrected chi connectivity index (χ1v) is 15.1. The molecule has 3 N–H and O–H groups in total. The van der Waals surface area contributed by atoms with Gasteiger partial charge in [-0.15, -0.1) is 0 Å². The first kappa shape index (κ1) is 32.5. The second kappa shape index (κ2) is 14.1. The van der Waals surface area contributed by atoms with E-state index in [-0.39, 0.29) is 29.5 Å². The summed E-state index contributed by atoms with van der Waals surface area (Å²) in [6.45, 7) is 0.103. The quantitative estimate of drug-likeness (QED) is 0.156. The summed E-state index contributed by atoms with van der Waals surface area (Å²) in [5.41, 5.74) is 1.82. The lowest BCUT2D eigenvalue weighted by Gasteiger charge is -2.19. The number of rotatable bonds is 9. The largest absolute Gasteiger partial charge is 0.416 e. The molecule has 3 aromatic carbocycles. The van der Waals surface area contributed by atoms with Crippen LogP contribution >= 0.6 is 0 Å². The summed E-state index contributed by atoms with van der Waals surface area (Å²) in [6.07, 6.45) is -1.43. The SMILES string of the molecule is O=C(NC[C@H](NC(=O)c1ccc2nc(NC(=O)c3cccnc3-c3ccc(C(F)(F)F)cc3)ccc2c1)c1ccccn1)c1ccccc1. The zero-order valence-electron chi connectivity index (χ0n) is 25.6. The van der Waals surface area contributed by atoms with Crippen molar-refractivity contribution in [3.8, 4) is 11.3 Å². The van der Waals surface area contributed by atoms with E-state index in [1.54, 1.807) is 85.1 Å². The van der Waals surface area contributed by atoms with Gasteiger partial charge in [-0.05, 0) is 78.9 Å². The van der Waals surface area contributed by atoms with Gasteiger partial charge < -0.3 is 16.0 Å². The summed E-state index contributed by atoms with van der Waals surface area (Å²) in [7, 11) is 0. The van der Waals surface area contributed by atoms with Crippen molar-refractivity contribution in [2.24, 2.45) is 0 Å². The topological polar surface area (TPSA) is 126 Å². The molecule has 49 heavy (non-hydrogen) atoms. The lowest BCUT2D eigenvalue weighted by Crippen LogP contribution is -2.38. The number of hydrogen-bond acceptors (Lipinski definition) is 6. The molecule has 0 aliphatic rings. The van der Waals surface area contributed by atoms with Crippen LogP contribution in [-0.4, -0.2) is 39.2 Å². The minimum Gasteiger partial charge on any atom is -0.350 e. The standard InChI is InChI=1S/C37H27F3N6O3/c38-37(39,40)27-15-11-23(12-16-27)33-28(9-6-20-42-33)36(49)46-32-18-14-25-21-26(13-17-29(25)44-32)35(48)45-31(30-10-4-5-19-41-30)22-43-34(47)24-7-2-1-3-8-24/h1-21,31H,22H2,(H,43,47)(H,45,48)(H,44,46,49)/t31-/m0/s1. The predicted octanol–water partition coefficient (Wildman–Crippen LogP) is 6.86. The van der Waals surface area contributed by atoms with Gasteiger partial charge in [0.05, 0.1) is 34.1 Å². The number of amides is 3. The van der Waals surface area contributed by atoms with Crippen LogP contribution in [0, 0.1) is 0 Å². The van der Waals surface area contributed by atoms with Crippen molar-refractivity contribution < 1.29 is 27.6 Å². The number of aromatic nitrogens is 3. The second-order valence-electron chi connectivity index (χ2n) is 10.9. The van der Waals surface area contributed by atoms with Gasteiger partial charge in [-0.1, -0.05) is 36.4 Å². The molecule has 0 aliphatic carbocycles. The summed E-state index contributed by atoms with van der Waals surface area (Å²) in [4.78, 5) is 52.4. The Hall–Kier alpha value is -6.43. The van der Waals surface area contributed by atoms with E-state index in [4.69, 9.17) is 0 Å². The van der Waals surface area contributed by atoms with Crippen molar-refractivity contribution in [3.63, 3.8) is 0 Å². The van der Waals surface area contributed by atoms with Crippen LogP contribution in [0.3, 0.4) is 0 Å². The minimum absolute atomic E-state index is 0.103. The van der Waals surface area contributed by atoms with E-state index in [2.05, 4.69) is 30.9 Å². The van der Waals surface area contributed by atoms with E-state index in [0.29, 0.717) is 33.3 Å². The zero-order chi connectivity index (χ0) is 34.4. The van der Waals surface area contributed by atoms with Crippen LogP contribution in [0.5, 0.6) is 0 Å². The molecule has 1 atom stereocenters. The van der Waals surface area contributed by atoms with Gasteiger partial charge in [0, 0.05) is 41.0 Å². The molecule has 0 saturated carbocycles. The normalized spacial score (nSPS) is 11.8. The van der Waals surface area contributed by atoms with Gasteiger partial charge in [-0.25, -0.2) is 4.98 Å². The lowest BCUT2D eigenvalue weighted by atomic mass is 10.0. The van der Waals surface area contributed by atoms with Crippen LogP contribution in [0.25, 0.3) is 22.2 Å². The van der Waals surface area contributed by atoms with Gasteiger partial charge in [0.15, 0.2) is 0 Å². The molecule has 12 heteroatoms. The lowest BCUT2D eigenvalue weighted by molar-refractivity contribution is -0.137. The van der Waals surface area contributed by atoms with E-state index < -0.39 is 29.6 Å². The summed E-state index contributed by atoms with van der Waals surface area (Å²) < 4.78 is 39.1. The number of hydrogen-bond donors (Lipinski definition) is 3. The Morgan fingerprint density at radius 1 is 0.694 bits per heavy atom. The average molecular weight is 661 g/mol. The van der Waals surface area contributed by atoms with Gasteiger partial charge >= 0.3 is 6.18 Å². The first-order valence-electron chi connectivity index (χ1n) is 15.1. The molecular weight excluding hydrogens is 633 g/mol. The number of nitrogens with one attached hydrogen (secondary N) is 3. The van der Waals surface area contributed by atoms with Crippen LogP contribution in [0.1, 0.15) is 48.4 Å². The maximum absolute atomic E-state index is 13.4. The van der Waals surface area contributed by atoms with E-state index in [0.717, 1.165) is 12.1 Å². The number of pyridine rings is 3. The molecular formula is C37H27F3N6O3. The molecule has 3 amide bonds. The Bertz CT molecular complexity index is 2130. The molecule has 9 nitrogen and oxygen atoms in total. The summed E-state index contributed by atoms with van der Waals surface area (Å²) >= 11 is 0. The van der Waals surface area contributed by atoms with Crippen molar-refractivity contribution >= 4 is 34.4 Å². The van der Waals surface area contributed by atoms with Crippen molar-refractivity contribution in [2.45, 2.75) is 12.2 Å². The molecule has 0 bridgehead atoms. The number of anilines is 1. The third kappa shape index (κ3) is 7.76. The van der Waals surface area contributed by atoms with Crippen molar-refractivity contribution in [2.75, 3.05) is 11.9 Å². The fourth-order valence-electron chi connectivity index (χ4n) is 5.10. The molecule has 3 heterocycles. The molecule has 244 valence electrons. The number of halogens is 3. The maximum Gasteiger partial charge on any atom is 0.416 e. The van der Waals surface area contributed by atoms with Gasteiger partial charge in [0.2, 0.25) is 0 Å². The highest BCUT2D eigenvalue weighted by Gasteiger charge is 2.30. The fourth-order valence-corrected chi connectivity index (χ4v) is 5.10. The maximum atomic E-state index is 13.4. The Labute approximate surface area is 278 Å². The molecule has 6 rings (SSSR count). The van der Waals surface area contributed by atoms with Crippen LogP contribution in [0.4, 0.5) is 19.0 Å². The smallest absolute Gasteiger partial charge is 0.350 e. The van der Waals surface area contributed by atoms with Crippen LogP contribution in [-0.2, 0) is 6.18 Å². The average Bonchev–Trinajstić information content (AvgIpc) is 3.13. The number of carbonyl (C=O) groups excluding carboxylic acids is 3. The molecule has 6 aromatic rings. The Morgan fingerprint density at radius 2 is 1.45 bits per heavy atom. The fraction of sp³-hybridized carbons (Fsp3) is 0.0811. The van der Waals surface area contributed by atoms with E-state index in [1.165, 1.54) is 24.4 Å². The van der Waals surface area contributed by atoms with Gasteiger partial charge in [-0.2, -0.15) is 13.2 Å². The van der Waals surface area contributed by atoms with Crippen LogP contribution in [0.2, 0.25) is 0 Å². The second-order valence-corrected chi connectivity index (χ2v) is 10.9. The third-order valence-corrected chi connectivity index (χ3v) is 7.58. The van der Waals surface area contributed by atoms with E-state index in [9.17, 15) is 27.6 Å². The van der Waals surface area contributed by atoms with Crippen molar-refractivity contribution in [3.05, 3.63) is 156 Å². The summed E-state index contributed by atoms with van der Waals surface area (Å²) in [5, 5.41) is 9.16. The number of carbonyl (C=O) groups is 3. The number of alkyl halides is 3. The Morgan fingerprint density at radius 3 is 2.18 bits per heavy atom. The van der Waals surface area contributed by atoms with Crippen LogP contribution in [0.15, 0.2) is 128 Å². The number of nitrogens with zero attached hydrogens (tertiary/aromatic N) is 3. The zero-order valence-corrected chi connectivity index (χ0v) is 25.6. The molecule has 0 saturated heterocycles. The van der Waals surface area contributed by atoms with Gasteiger partial charge in [0.1, 0.15) is 5.82 Å². The highest BCUT2D eigenvalue weighted by molar-refractivity contribution is 6.08. The van der Waals surface area contributed by atoms with Crippen molar-refractivity contribution in [1.29, 1.82) is 0 Å². The van der Waals surface area contributed by atoms with E-state index in [1.807, 2.05) is 6.07 Å². The van der Waals surface area contributed by atoms with Gasteiger partial charge in [-0.3, -0.25) is 24.4 Å². The Kier molecular flexibility index (Phi) is 9.38. The predicted molar refractivity (Wildman–Crippen MR) is 178 cm³/mol. The molecule has 0 aliphatic heterocycles. The highest BCUT2D eigenvalue weighted by Crippen LogP contribution is 2.31. The third-order valence-electron chi connectivity index (χ3n) is 7.58. The number of benzene rings is 3. The summed E-state index contributed by atoms with van der Waals surface area (Å²) in [5.74, 6) is -1.00. The first-order chi connectivity index (χ1) is 23.7. The molecule has 0 spiro atoms. The van der Waals surface area contributed by atoms with Crippen LogP contribution < -0.4 is 16.0 Å². The minimum atomic E-state index is -4.49. The van der Waals surface area contributed by atoms with Gasteiger partial charge in [0.25, 0.3) is 17.7 Å². The molecule has 3 aromatic heterocycles. The molecule has 0 fully saturated rings. The summed E-state index contributed by atoms with van der Waals surface area (Å²) in [6, 6.07) is 29.1. The Balaban J connectivity index is 1.16. The highest BCUT2D eigenvalue weighted by atomic mass is 19.4. The monoisotopic (exact) mass is 660 g/mol. The molecule has 0 unspecified atom stereocenters. The van der Waals surface area contributed by atoms with E-state index >= 15 is 0 Å². The molecule has 0 radical (unpaired) electrons. The van der Waals surface area contributed by atoms with Crippen molar-refractivity contribution in [1.82, 2.24) is 25.6 Å².